The van der Waals surface area contributed by atoms with Crippen LogP contribution >= 0.6 is 11.3 Å². The summed E-state index contributed by atoms with van der Waals surface area (Å²) in [6, 6.07) is 2.90. The predicted octanol–water partition coefficient (Wildman–Crippen LogP) is 3.09. The maximum atomic E-state index is 12.8. The van der Waals surface area contributed by atoms with Crippen molar-refractivity contribution in [1.82, 2.24) is 0 Å². The molecular weight excluding hydrogens is 212 g/mol. The highest BCUT2D eigenvalue weighted by molar-refractivity contribution is 7.17. The third-order valence-corrected chi connectivity index (χ3v) is 2.62. The number of nitro benzene ring substituents is 1. The average Bonchev–Trinajstić information content (AvgIpc) is 2.42. The van der Waals surface area contributed by atoms with Gasteiger partial charge in [0.05, 0.1) is 16.4 Å². The molecule has 3 nitrogen and oxygen atoms in total. The Morgan fingerprint density at radius 2 is 2.00 bits per heavy atom. The molecule has 0 radical (unpaired) electrons. The van der Waals surface area contributed by atoms with Crippen molar-refractivity contribution in [3.63, 3.8) is 0 Å². The van der Waals surface area contributed by atoms with Crippen molar-refractivity contribution in [2.45, 2.75) is 0 Å². The normalized spacial score (nSPS) is 10.7. The smallest absolute Gasteiger partial charge is 0.258 e. The zero-order chi connectivity index (χ0) is 10.3. The fourth-order valence-corrected chi connectivity index (χ4v) is 2.04. The standard InChI is InChI=1S/C8H3F2NO2S/c9-4-1-6(11(12)13)5-3-8(10)14-7(5)2-4/h1-3H. The summed E-state index contributed by atoms with van der Waals surface area (Å²) in [5.74, 6) is -0.731. The molecule has 0 aliphatic rings. The summed E-state index contributed by atoms with van der Waals surface area (Å²) >= 11 is 0.687. The summed E-state index contributed by atoms with van der Waals surface area (Å²) in [6.45, 7) is 0. The molecular formula is C8H3F2NO2S. The molecule has 72 valence electrons. The third-order valence-electron chi connectivity index (χ3n) is 1.75. The lowest BCUT2D eigenvalue weighted by molar-refractivity contribution is -0.383. The first-order valence-corrected chi connectivity index (χ1v) is 4.42. The van der Waals surface area contributed by atoms with Gasteiger partial charge in [0, 0.05) is 4.70 Å². The second kappa shape index (κ2) is 2.98. The lowest BCUT2D eigenvalue weighted by atomic mass is 10.2. The summed E-state index contributed by atoms with van der Waals surface area (Å²) < 4.78 is 25.9. The van der Waals surface area contributed by atoms with Crippen LogP contribution in [0, 0.1) is 21.1 Å². The van der Waals surface area contributed by atoms with E-state index >= 15 is 0 Å². The van der Waals surface area contributed by atoms with E-state index in [1.807, 2.05) is 0 Å². The van der Waals surface area contributed by atoms with Crippen molar-refractivity contribution in [1.29, 1.82) is 0 Å². The molecule has 0 aliphatic heterocycles. The van der Waals surface area contributed by atoms with E-state index in [4.69, 9.17) is 0 Å². The van der Waals surface area contributed by atoms with Gasteiger partial charge in [0.15, 0.2) is 5.13 Å². The Balaban J connectivity index is 2.85. The molecule has 2 aromatic rings. The molecule has 0 unspecified atom stereocenters. The van der Waals surface area contributed by atoms with E-state index in [1.54, 1.807) is 0 Å². The lowest BCUT2D eigenvalue weighted by Gasteiger charge is -1.93. The SMILES string of the molecule is O=[N+]([O-])c1cc(F)cc2sc(F)cc12. The van der Waals surface area contributed by atoms with Crippen molar-refractivity contribution < 1.29 is 13.7 Å². The van der Waals surface area contributed by atoms with Gasteiger partial charge < -0.3 is 0 Å². The van der Waals surface area contributed by atoms with E-state index in [0.29, 0.717) is 11.3 Å². The summed E-state index contributed by atoms with van der Waals surface area (Å²) in [4.78, 5) is 9.77. The van der Waals surface area contributed by atoms with E-state index in [0.717, 1.165) is 18.2 Å². The van der Waals surface area contributed by atoms with Gasteiger partial charge in [0.25, 0.3) is 5.69 Å². The minimum atomic E-state index is -0.731. The molecule has 14 heavy (non-hydrogen) atoms. The highest BCUT2D eigenvalue weighted by Crippen LogP contribution is 2.32. The Morgan fingerprint density at radius 3 is 2.64 bits per heavy atom. The Kier molecular flexibility index (Phi) is 1.92. The second-order valence-electron chi connectivity index (χ2n) is 2.64. The minimum Gasteiger partial charge on any atom is -0.258 e. The molecule has 1 aromatic carbocycles. The summed E-state index contributed by atoms with van der Waals surface area (Å²) in [5.41, 5.74) is -0.403. The highest BCUT2D eigenvalue weighted by Gasteiger charge is 2.16. The van der Waals surface area contributed by atoms with Crippen LogP contribution in [0.2, 0.25) is 0 Å². The molecule has 0 saturated carbocycles. The van der Waals surface area contributed by atoms with Crippen LogP contribution in [-0.4, -0.2) is 4.92 Å². The monoisotopic (exact) mass is 215 g/mol. The molecule has 2 rings (SSSR count). The predicted molar refractivity (Wildman–Crippen MR) is 48.4 cm³/mol. The van der Waals surface area contributed by atoms with Gasteiger partial charge in [-0.3, -0.25) is 10.1 Å². The van der Waals surface area contributed by atoms with Gasteiger partial charge in [-0.1, -0.05) is 0 Å². The summed E-state index contributed by atoms with van der Waals surface area (Å²) in [5, 5.41) is 10.1. The number of rotatable bonds is 1. The molecule has 1 aromatic heterocycles. The van der Waals surface area contributed by atoms with Crippen molar-refractivity contribution in [3.8, 4) is 0 Å². The Morgan fingerprint density at radius 1 is 1.29 bits per heavy atom. The lowest BCUT2D eigenvalue weighted by Crippen LogP contribution is -1.89. The van der Waals surface area contributed by atoms with Crippen LogP contribution in [0.25, 0.3) is 10.1 Å². The molecule has 0 spiro atoms. The number of nitrogens with zero attached hydrogens (tertiary/aromatic N) is 1. The summed E-state index contributed by atoms with van der Waals surface area (Å²) in [7, 11) is 0. The zero-order valence-corrected chi connectivity index (χ0v) is 7.48. The largest absolute Gasteiger partial charge is 0.281 e. The van der Waals surface area contributed by atoms with E-state index in [-0.39, 0.29) is 10.1 Å². The maximum absolute atomic E-state index is 12.8. The minimum absolute atomic E-state index is 0.138. The van der Waals surface area contributed by atoms with Crippen LogP contribution in [0.15, 0.2) is 18.2 Å². The van der Waals surface area contributed by atoms with Crippen LogP contribution in [0.5, 0.6) is 0 Å². The van der Waals surface area contributed by atoms with Crippen molar-refractivity contribution in [2.24, 2.45) is 0 Å². The molecule has 0 fully saturated rings. The number of nitro groups is 1. The van der Waals surface area contributed by atoms with Crippen molar-refractivity contribution >= 4 is 27.1 Å². The van der Waals surface area contributed by atoms with Crippen LogP contribution in [0.4, 0.5) is 14.5 Å². The Labute approximate surface area is 80.7 Å². The first kappa shape index (κ1) is 9.01. The number of hydrogen-bond donors (Lipinski definition) is 0. The van der Waals surface area contributed by atoms with E-state index < -0.39 is 21.6 Å². The number of benzene rings is 1. The number of fused-ring (bicyclic) bond motifs is 1. The van der Waals surface area contributed by atoms with Gasteiger partial charge in [-0.25, -0.2) is 4.39 Å². The van der Waals surface area contributed by atoms with Gasteiger partial charge >= 0.3 is 0 Å². The van der Waals surface area contributed by atoms with Gasteiger partial charge in [0.2, 0.25) is 0 Å². The Hall–Kier alpha value is -1.56. The fourth-order valence-electron chi connectivity index (χ4n) is 1.21. The summed E-state index contributed by atoms with van der Waals surface area (Å²) in [6.07, 6.45) is 0. The quantitative estimate of drug-likeness (QED) is 0.542. The topological polar surface area (TPSA) is 43.1 Å². The molecule has 0 N–H and O–H groups in total. The van der Waals surface area contributed by atoms with Gasteiger partial charge in [-0.2, -0.15) is 4.39 Å². The number of hydrogen-bond acceptors (Lipinski definition) is 3. The number of halogens is 2. The first-order chi connectivity index (χ1) is 6.58. The van der Waals surface area contributed by atoms with Gasteiger partial charge in [-0.05, 0) is 12.1 Å². The molecule has 0 saturated heterocycles. The van der Waals surface area contributed by atoms with E-state index in [1.165, 1.54) is 0 Å². The maximum Gasteiger partial charge on any atom is 0.281 e. The van der Waals surface area contributed by atoms with Gasteiger partial charge in [-0.15, -0.1) is 11.3 Å². The highest BCUT2D eigenvalue weighted by atomic mass is 32.1. The van der Waals surface area contributed by atoms with Crippen molar-refractivity contribution in [3.05, 3.63) is 39.3 Å². The fraction of sp³-hybridized carbons (Fsp3) is 0. The molecule has 0 amide bonds. The average molecular weight is 215 g/mol. The second-order valence-corrected chi connectivity index (χ2v) is 3.68. The molecule has 1 heterocycles. The van der Waals surface area contributed by atoms with E-state index in [9.17, 15) is 18.9 Å². The molecule has 0 bridgehead atoms. The molecule has 6 heteroatoms. The van der Waals surface area contributed by atoms with Crippen LogP contribution < -0.4 is 0 Å². The molecule has 0 aliphatic carbocycles. The third kappa shape index (κ3) is 1.33. The molecule has 0 atom stereocenters. The van der Waals surface area contributed by atoms with Crippen molar-refractivity contribution in [2.75, 3.05) is 0 Å². The number of non-ortho nitro benzene ring substituents is 1. The number of thiophene rings is 1. The van der Waals surface area contributed by atoms with Crippen LogP contribution in [-0.2, 0) is 0 Å². The van der Waals surface area contributed by atoms with E-state index in [2.05, 4.69) is 0 Å². The van der Waals surface area contributed by atoms with Crippen LogP contribution in [0.1, 0.15) is 0 Å². The Bertz CT molecular complexity index is 523. The zero-order valence-electron chi connectivity index (χ0n) is 6.66. The van der Waals surface area contributed by atoms with Crippen LogP contribution in [0.3, 0.4) is 0 Å². The van der Waals surface area contributed by atoms with Gasteiger partial charge in [0.1, 0.15) is 5.82 Å². The first-order valence-electron chi connectivity index (χ1n) is 3.61.